The minimum absolute atomic E-state index is 0.000266. The number of methoxy groups -OCH3 is 2. The Morgan fingerprint density at radius 3 is 2.26 bits per heavy atom. The summed E-state index contributed by atoms with van der Waals surface area (Å²) in [6.45, 7) is 2.41. The van der Waals surface area contributed by atoms with Gasteiger partial charge in [0, 0.05) is 30.3 Å². The molecule has 0 aliphatic heterocycles. The number of rotatable bonds is 9. The summed E-state index contributed by atoms with van der Waals surface area (Å²) in [6, 6.07) is 13.3. The number of aromatic nitrogens is 1. The fraction of sp³-hybridized carbons (Fsp3) is 0.250. The van der Waals surface area contributed by atoms with Crippen molar-refractivity contribution < 1.29 is 19.0 Å². The van der Waals surface area contributed by atoms with E-state index < -0.39 is 0 Å². The smallest absolute Gasteiger partial charge is 0.204 e. The Balaban J connectivity index is 1.93. The highest BCUT2D eigenvalue weighted by Gasteiger charge is 2.23. The van der Waals surface area contributed by atoms with Crippen LogP contribution in [0.5, 0.6) is 17.2 Å². The predicted molar refractivity (Wildman–Crippen MR) is 122 cm³/mol. The van der Waals surface area contributed by atoms with Crippen molar-refractivity contribution in [1.82, 2.24) is 4.98 Å². The van der Waals surface area contributed by atoms with Gasteiger partial charge in [0.05, 0.1) is 36.4 Å². The van der Waals surface area contributed by atoms with Crippen molar-refractivity contribution in [1.29, 1.82) is 0 Å². The van der Waals surface area contributed by atoms with E-state index in [-0.39, 0.29) is 18.1 Å². The van der Waals surface area contributed by atoms with E-state index in [4.69, 9.17) is 37.4 Å². The third-order valence-corrected chi connectivity index (χ3v) is 5.59. The summed E-state index contributed by atoms with van der Waals surface area (Å²) in [5.74, 6) is 1.06. The van der Waals surface area contributed by atoms with E-state index >= 15 is 0 Å². The predicted octanol–water partition coefficient (Wildman–Crippen LogP) is 6.01. The van der Waals surface area contributed by atoms with Crippen molar-refractivity contribution in [2.75, 3.05) is 20.8 Å². The van der Waals surface area contributed by atoms with Gasteiger partial charge in [-0.2, -0.15) is 0 Å². The maximum atomic E-state index is 13.2. The average molecular weight is 460 g/mol. The Morgan fingerprint density at radius 1 is 0.968 bits per heavy atom. The Labute approximate surface area is 191 Å². The van der Waals surface area contributed by atoms with E-state index in [9.17, 15) is 4.79 Å². The van der Waals surface area contributed by atoms with Crippen LogP contribution < -0.4 is 14.2 Å². The molecule has 0 spiro atoms. The van der Waals surface area contributed by atoms with Gasteiger partial charge in [-0.15, -0.1) is 0 Å². The summed E-state index contributed by atoms with van der Waals surface area (Å²) in [5.41, 5.74) is 2.01. The second kappa shape index (κ2) is 10.5. The SMILES string of the molecule is COc1ccc(C(=O)Cc2c(Cl)cncc2Cl)c(OCC(C)c2ccccc2)c1OC. The molecule has 0 radical (unpaired) electrons. The largest absolute Gasteiger partial charge is 0.493 e. The van der Waals surface area contributed by atoms with E-state index in [1.165, 1.54) is 26.6 Å². The highest BCUT2D eigenvalue weighted by molar-refractivity contribution is 6.36. The van der Waals surface area contributed by atoms with E-state index in [0.717, 1.165) is 5.56 Å². The van der Waals surface area contributed by atoms with E-state index in [1.54, 1.807) is 12.1 Å². The molecule has 5 nitrogen and oxygen atoms in total. The lowest BCUT2D eigenvalue weighted by Gasteiger charge is -2.19. The fourth-order valence-corrected chi connectivity index (χ4v) is 3.71. The molecule has 0 aliphatic rings. The molecule has 0 fully saturated rings. The zero-order valence-electron chi connectivity index (χ0n) is 17.5. The van der Waals surface area contributed by atoms with Crippen LogP contribution >= 0.6 is 23.2 Å². The first-order valence-electron chi connectivity index (χ1n) is 9.70. The summed E-state index contributed by atoms with van der Waals surface area (Å²) < 4.78 is 17.1. The molecule has 1 heterocycles. The molecule has 3 rings (SSSR count). The summed E-state index contributed by atoms with van der Waals surface area (Å²) in [6.07, 6.45) is 2.92. The first kappa shape index (κ1) is 22.9. The Kier molecular flexibility index (Phi) is 7.77. The van der Waals surface area contributed by atoms with Crippen molar-refractivity contribution in [2.45, 2.75) is 19.3 Å². The van der Waals surface area contributed by atoms with Crippen LogP contribution in [-0.2, 0) is 6.42 Å². The maximum absolute atomic E-state index is 13.2. The summed E-state index contributed by atoms with van der Waals surface area (Å²) in [5, 5.41) is 0.669. The van der Waals surface area contributed by atoms with E-state index in [1.807, 2.05) is 30.3 Å². The number of nitrogens with zero attached hydrogens (tertiary/aromatic N) is 1. The monoisotopic (exact) mass is 459 g/mol. The number of ether oxygens (including phenoxy) is 3. The van der Waals surface area contributed by atoms with Crippen LogP contribution in [0, 0.1) is 0 Å². The van der Waals surface area contributed by atoms with Crippen molar-refractivity contribution >= 4 is 29.0 Å². The van der Waals surface area contributed by atoms with Gasteiger partial charge in [0.2, 0.25) is 5.75 Å². The molecule has 0 bridgehead atoms. The number of hydrogen-bond donors (Lipinski definition) is 0. The van der Waals surface area contributed by atoms with Gasteiger partial charge < -0.3 is 14.2 Å². The van der Waals surface area contributed by atoms with Gasteiger partial charge in [0.15, 0.2) is 17.3 Å². The molecule has 3 aromatic rings. The Bertz CT molecular complexity index is 1040. The molecular weight excluding hydrogens is 437 g/mol. The van der Waals surface area contributed by atoms with Gasteiger partial charge in [-0.3, -0.25) is 9.78 Å². The van der Waals surface area contributed by atoms with Crippen LogP contribution in [0.1, 0.15) is 34.3 Å². The first-order chi connectivity index (χ1) is 15.0. The van der Waals surface area contributed by atoms with Gasteiger partial charge in [-0.25, -0.2) is 0 Å². The van der Waals surface area contributed by atoms with Gasteiger partial charge in [0.1, 0.15) is 0 Å². The second-order valence-electron chi connectivity index (χ2n) is 6.98. The molecular formula is C24H23Cl2NO4. The standard InChI is InChI=1S/C24H23Cl2NO4/c1-15(16-7-5-4-6-8-16)14-31-23-17(9-10-22(29-2)24(23)30-3)21(28)11-18-19(25)12-27-13-20(18)26/h4-10,12-13,15H,11,14H2,1-3H3. The van der Waals surface area contributed by atoms with E-state index in [0.29, 0.717) is 45.0 Å². The number of pyridine rings is 1. The molecule has 0 N–H and O–H groups in total. The number of hydrogen-bond acceptors (Lipinski definition) is 5. The van der Waals surface area contributed by atoms with Crippen molar-refractivity contribution in [2.24, 2.45) is 0 Å². The topological polar surface area (TPSA) is 57.7 Å². The Hall–Kier alpha value is -2.76. The molecule has 0 aliphatic carbocycles. The first-order valence-corrected chi connectivity index (χ1v) is 10.5. The second-order valence-corrected chi connectivity index (χ2v) is 7.80. The molecule has 1 atom stereocenters. The molecule has 2 aromatic carbocycles. The molecule has 162 valence electrons. The molecule has 0 saturated carbocycles. The van der Waals surface area contributed by atoms with Crippen molar-refractivity contribution in [3.8, 4) is 17.2 Å². The van der Waals surface area contributed by atoms with Gasteiger partial charge in [0.25, 0.3) is 0 Å². The third kappa shape index (κ3) is 5.30. The minimum Gasteiger partial charge on any atom is -0.493 e. The molecule has 31 heavy (non-hydrogen) atoms. The number of carbonyl (C=O) groups is 1. The van der Waals surface area contributed by atoms with Crippen molar-refractivity contribution in [3.63, 3.8) is 0 Å². The number of Topliss-reactive ketones (excluding diaryl/α,β-unsaturated/α-hetero) is 1. The lowest BCUT2D eigenvalue weighted by molar-refractivity contribution is 0.0987. The lowest BCUT2D eigenvalue weighted by atomic mass is 10.0. The van der Waals surface area contributed by atoms with Crippen LogP contribution in [-0.4, -0.2) is 31.6 Å². The summed E-state index contributed by atoms with van der Waals surface area (Å²) in [7, 11) is 3.04. The molecule has 1 unspecified atom stereocenters. The van der Waals surface area contributed by atoms with Crippen LogP contribution in [0.15, 0.2) is 54.9 Å². The normalized spacial score (nSPS) is 11.6. The number of benzene rings is 2. The van der Waals surface area contributed by atoms with Crippen molar-refractivity contribution in [3.05, 3.63) is 81.6 Å². The minimum atomic E-state index is -0.210. The zero-order chi connectivity index (χ0) is 22.4. The van der Waals surface area contributed by atoms with Gasteiger partial charge >= 0.3 is 0 Å². The Morgan fingerprint density at radius 2 is 1.65 bits per heavy atom. The zero-order valence-corrected chi connectivity index (χ0v) is 19.0. The average Bonchev–Trinajstić information content (AvgIpc) is 2.79. The highest BCUT2D eigenvalue weighted by Crippen LogP contribution is 2.41. The maximum Gasteiger partial charge on any atom is 0.204 e. The lowest BCUT2D eigenvalue weighted by Crippen LogP contribution is -2.13. The highest BCUT2D eigenvalue weighted by atomic mass is 35.5. The summed E-state index contributed by atoms with van der Waals surface area (Å²) >= 11 is 12.4. The molecule has 7 heteroatoms. The molecule has 1 aromatic heterocycles. The van der Waals surface area contributed by atoms with Gasteiger partial charge in [-0.1, -0.05) is 60.5 Å². The number of halogens is 2. The quantitative estimate of drug-likeness (QED) is 0.366. The van der Waals surface area contributed by atoms with E-state index in [2.05, 4.69) is 11.9 Å². The fourth-order valence-electron chi connectivity index (χ4n) is 3.21. The summed E-state index contributed by atoms with van der Waals surface area (Å²) in [4.78, 5) is 17.1. The molecule has 0 amide bonds. The van der Waals surface area contributed by atoms with Crippen LogP contribution in [0.4, 0.5) is 0 Å². The van der Waals surface area contributed by atoms with Crippen LogP contribution in [0.25, 0.3) is 0 Å². The third-order valence-electron chi connectivity index (χ3n) is 4.94. The van der Waals surface area contributed by atoms with Crippen LogP contribution in [0.3, 0.4) is 0 Å². The number of carbonyl (C=O) groups excluding carboxylic acids is 1. The number of ketones is 1. The van der Waals surface area contributed by atoms with Gasteiger partial charge in [-0.05, 0) is 17.7 Å². The molecule has 0 saturated heterocycles. The van der Waals surface area contributed by atoms with Crippen LogP contribution in [0.2, 0.25) is 10.0 Å².